The van der Waals surface area contributed by atoms with Crippen LogP contribution in [0.15, 0.2) is 65.1 Å². The normalized spacial score (nSPS) is 11.7. The van der Waals surface area contributed by atoms with Crippen LogP contribution in [-0.2, 0) is 16.1 Å². The summed E-state index contributed by atoms with van der Waals surface area (Å²) in [6.45, 7) is 3.89. The summed E-state index contributed by atoms with van der Waals surface area (Å²) in [6.07, 6.45) is 0. The van der Waals surface area contributed by atoms with E-state index >= 15 is 0 Å². The van der Waals surface area contributed by atoms with E-state index in [4.69, 9.17) is 4.74 Å². The first-order chi connectivity index (χ1) is 14.4. The van der Waals surface area contributed by atoms with Crippen molar-refractivity contribution in [1.29, 1.82) is 0 Å². The Balaban J connectivity index is 1.80. The molecule has 156 valence electrons. The van der Waals surface area contributed by atoms with Gasteiger partial charge in [-0.15, -0.1) is 0 Å². The number of amides is 2. The first kappa shape index (κ1) is 21.8. The minimum Gasteiger partial charge on any atom is -0.483 e. The van der Waals surface area contributed by atoms with Gasteiger partial charge in [-0.3, -0.25) is 9.59 Å². The molecular formula is C24H25BrN2O3. The van der Waals surface area contributed by atoms with Crippen LogP contribution >= 0.6 is 15.9 Å². The van der Waals surface area contributed by atoms with Crippen molar-refractivity contribution < 1.29 is 14.3 Å². The Hall–Kier alpha value is -2.86. The van der Waals surface area contributed by atoms with Gasteiger partial charge in [-0.05, 0) is 57.7 Å². The van der Waals surface area contributed by atoms with Gasteiger partial charge in [0.15, 0.2) is 6.61 Å². The summed E-state index contributed by atoms with van der Waals surface area (Å²) in [6, 6.07) is 19.0. The summed E-state index contributed by atoms with van der Waals surface area (Å²) < 4.78 is 6.65. The van der Waals surface area contributed by atoms with E-state index < -0.39 is 6.04 Å². The van der Waals surface area contributed by atoms with Crippen molar-refractivity contribution >= 4 is 38.5 Å². The van der Waals surface area contributed by atoms with Crippen molar-refractivity contribution in [3.05, 3.63) is 76.3 Å². The number of likely N-dealkylation sites (N-methyl/N-ethyl adjacent to an activating group) is 1. The molecule has 3 rings (SSSR count). The van der Waals surface area contributed by atoms with Crippen molar-refractivity contribution in [3.63, 3.8) is 0 Å². The van der Waals surface area contributed by atoms with E-state index in [9.17, 15) is 9.59 Å². The third-order valence-corrected chi connectivity index (χ3v) is 6.01. The highest BCUT2D eigenvalue weighted by Gasteiger charge is 2.26. The molecule has 2 amide bonds. The van der Waals surface area contributed by atoms with E-state index in [1.165, 1.54) is 0 Å². The maximum atomic E-state index is 13.1. The quantitative estimate of drug-likeness (QED) is 0.556. The molecule has 0 aliphatic heterocycles. The second-order valence-corrected chi connectivity index (χ2v) is 7.92. The summed E-state index contributed by atoms with van der Waals surface area (Å²) in [5, 5.41) is 4.72. The van der Waals surface area contributed by atoms with Crippen molar-refractivity contribution in [3.8, 4) is 5.75 Å². The molecule has 0 saturated heterocycles. The SMILES string of the molecule is CNC(=O)C(C)N(Cc1ccccc1C)C(=O)COc1ccc2ccccc2c1Br. The Morgan fingerprint density at radius 3 is 2.50 bits per heavy atom. The van der Waals surface area contributed by atoms with Gasteiger partial charge in [0.2, 0.25) is 5.91 Å². The van der Waals surface area contributed by atoms with Gasteiger partial charge >= 0.3 is 0 Å². The largest absolute Gasteiger partial charge is 0.483 e. The molecule has 30 heavy (non-hydrogen) atoms. The average Bonchev–Trinajstić information content (AvgIpc) is 2.77. The van der Waals surface area contributed by atoms with Crippen molar-refractivity contribution in [2.24, 2.45) is 0 Å². The third-order valence-electron chi connectivity index (χ3n) is 5.19. The molecule has 0 bridgehead atoms. The molecule has 3 aromatic rings. The summed E-state index contributed by atoms with van der Waals surface area (Å²) >= 11 is 3.58. The Kier molecular flexibility index (Phi) is 7.11. The molecule has 5 nitrogen and oxygen atoms in total. The molecule has 3 aromatic carbocycles. The van der Waals surface area contributed by atoms with Crippen LogP contribution in [0.2, 0.25) is 0 Å². The van der Waals surface area contributed by atoms with Crippen LogP contribution in [0.1, 0.15) is 18.1 Å². The summed E-state index contributed by atoms with van der Waals surface area (Å²) in [5.74, 6) is 0.115. The Bertz CT molecular complexity index is 1070. The van der Waals surface area contributed by atoms with Crippen LogP contribution in [0.3, 0.4) is 0 Å². The Morgan fingerprint density at radius 1 is 1.07 bits per heavy atom. The van der Waals surface area contributed by atoms with Gasteiger partial charge in [-0.2, -0.15) is 0 Å². The fourth-order valence-electron chi connectivity index (χ4n) is 3.31. The van der Waals surface area contributed by atoms with E-state index in [1.807, 2.05) is 67.6 Å². The number of fused-ring (bicyclic) bond motifs is 1. The van der Waals surface area contributed by atoms with E-state index in [0.717, 1.165) is 26.4 Å². The van der Waals surface area contributed by atoms with Crippen LogP contribution in [0.4, 0.5) is 0 Å². The van der Waals surface area contributed by atoms with Crippen LogP contribution in [0.5, 0.6) is 5.75 Å². The number of aryl methyl sites for hydroxylation is 1. The number of carbonyl (C=O) groups is 2. The molecule has 6 heteroatoms. The Labute approximate surface area is 185 Å². The fraction of sp³-hybridized carbons (Fsp3) is 0.250. The van der Waals surface area contributed by atoms with Gasteiger partial charge in [-0.1, -0.05) is 54.6 Å². The number of rotatable bonds is 7. The first-order valence-corrected chi connectivity index (χ1v) is 10.6. The van der Waals surface area contributed by atoms with Crippen molar-refractivity contribution in [1.82, 2.24) is 10.2 Å². The zero-order valence-corrected chi connectivity index (χ0v) is 18.9. The molecule has 1 unspecified atom stereocenters. The van der Waals surface area contributed by atoms with Crippen LogP contribution in [0, 0.1) is 6.92 Å². The highest BCUT2D eigenvalue weighted by atomic mass is 79.9. The predicted molar refractivity (Wildman–Crippen MR) is 122 cm³/mol. The maximum Gasteiger partial charge on any atom is 0.261 e. The second kappa shape index (κ2) is 9.76. The number of ether oxygens (including phenoxy) is 1. The lowest BCUT2D eigenvalue weighted by Crippen LogP contribution is -2.48. The van der Waals surface area contributed by atoms with Gasteiger partial charge < -0.3 is 15.0 Å². The topological polar surface area (TPSA) is 58.6 Å². The highest BCUT2D eigenvalue weighted by molar-refractivity contribution is 9.10. The highest BCUT2D eigenvalue weighted by Crippen LogP contribution is 2.33. The summed E-state index contributed by atoms with van der Waals surface area (Å²) in [4.78, 5) is 26.9. The minimum atomic E-state index is -0.620. The number of carbonyl (C=O) groups excluding carboxylic acids is 2. The number of hydrogen-bond acceptors (Lipinski definition) is 3. The van der Waals surface area contributed by atoms with Crippen molar-refractivity contribution in [2.75, 3.05) is 13.7 Å². The number of benzene rings is 3. The molecule has 0 radical (unpaired) electrons. The van der Waals surface area contributed by atoms with E-state index in [2.05, 4.69) is 21.2 Å². The van der Waals surface area contributed by atoms with Crippen molar-refractivity contribution in [2.45, 2.75) is 26.4 Å². The molecule has 0 aliphatic rings. The smallest absolute Gasteiger partial charge is 0.261 e. The third kappa shape index (κ3) is 4.82. The lowest BCUT2D eigenvalue weighted by Gasteiger charge is -2.29. The number of halogens is 1. The minimum absolute atomic E-state index is 0.163. The molecule has 1 N–H and O–H groups in total. The molecule has 0 aromatic heterocycles. The van der Waals surface area contributed by atoms with E-state index in [0.29, 0.717) is 12.3 Å². The van der Waals surface area contributed by atoms with E-state index in [-0.39, 0.29) is 18.4 Å². The first-order valence-electron chi connectivity index (χ1n) is 9.78. The van der Waals surface area contributed by atoms with Crippen LogP contribution < -0.4 is 10.1 Å². The summed E-state index contributed by atoms with van der Waals surface area (Å²) in [7, 11) is 1.57. The van der Waals surface area contributed by atoms with Gasteiger partial charge in [0.05, 0.1) is 4.47 Å². The number of hydrogen-bond donors (Lipinski definition) is 1. The number of nitrogens with one attached hydrogen (secondary N) is 1. The second-order valence-electron chi connectivity index (χ2n) is 7.13. The molecule has 1 atom stereocenters. The zero-order valence-electron chi connectivity index (χ0n) is 17.3. The molecule has 0 spiro atoms. The lowest BCUT2D eigenvalue weighted by molar-refractivity contribution is -0.142. The van der Waals surface area contributed by atoms with Gasteiger partial charge in [0.1, 0.15) is 11.8 Å². The maximum absolute atomic E-state index is 13.1. The molecule has 0 heterocycles. The van der Waals surface area contributed by atoms with Gasteiger partial charge in [-0.25, -0.2) is 0 Å². The van der Waals surface area contributed by atoms with E-state index in [1.54, 1.807) is 18.9 Å². The molecule has 0 saturated carbocycles. The molecule has 0 fully saturated rings. The standard InChI is InChI=1S/C24H25BrN2O3/c1-16-8-4-5-10-19(16)14-27(17(2)24(29)26-3)22(28)15-30-21-13-12-18-9-6-7-11-20(18)23(21)25/h4-13,17H,14-15H2,1-3H3,(H,26,29). The average molecular weight is 469 g/mol. The van der Waals surface area contributed by atoms with Crippen LogP contribution in [0.25, 0.3) is 10.8 Å². The Morgan fingerprint density at radius 2 is 1.77 bits per heavy atom. The monoisotopic (exact) mass is 468 g/mol. The predicted octanol–water partition coefficient (Wildman–Crippen LogP) is 4.45. The lowest BCUT2D eigenvalue weighted by atomic mass is 10.1. The summed E-state index contributed by atoms with van der Waals surface area (Å²) in [5.41, 5.74) is 2.06. The van der Waals surface area contributed by atoms with Gasteiger partial charge in [0, 0.05) is 13.6 Å². The molecular weight excluding hydrogens is 444 g/mol. The fourth-order valence-corrected chi connectivity index (χ4v) is 3.92. The van der Waals surface area contributed by atoms with Gasteiger partial charge in [0.25, 0.3) is 5.91 Å². The molecule has 0 aliphatic carbocycles. The number of nitrogens with zero attached hydrogens (tertiary/aromatic N) is 1. The van der Waals surface area contributed by atoms with Crippen LogP contribution in [-0.4, -0.2) is 36.4 Å². The zero-order chi connectivity index (χ0) is 21.7.